The van der Waals surface area contributed by atoms with Gasteiger partial charge in [-0.25, -0.2) is 4.98 Å². The van der Waals surface area contributed by atoms with Gasteiger partial charge in [-0.05, 0) is 42.2 Å². The van der Waals surface area contributed by atoms with Gasteiger partial charge in [0.1, 0.15) is 0 Å². The zero-order valence-corrected chi connectivity index (χ0v) is 14.2. The monoisotopic (exact) mass is 354 g/mol. The molecule has 108 valence electrons. The lowest BCUT2D eigenvalue weighted by Gasteiger charge is -2.30. The summed E-state index contributed by atoms with van der Waals surface area (Å²) in [6, 6.07) is 5.59. The third-order valence-corrected chi connectivity index (χ3v) is 5.29. The number of nitrogens with zero attached hydrogens (tertiary/aromatic N) is 2. The summed E-state index contributed by atoms with van der Waals surface area (Å²) in [5, 5.41) is 0.655. The third-order valence-electron chi connectivity index (χ3n) is 4.13. The highest BCUT2D eigenvalue weighted by Crippen LogP contribution is 2.29. The van der Waals surface area contributed by atoms with Crippen LogP contribution in [0, 0.1) is 5.41 Å². The van der Waals surface area contributed by atoms with Crippen LogP contribution in [0.25, 0.3) is 10.9 Å². The molecule has 0 bridgehead atoms. The molecule has 0 aliphatic heterocycles. The van der Waals surface area contributed by atoms with Gasteiger partial charge in [-0.3, -0.25) is 9.36 Å². The van der Waals surface area contributed by atoms with Gasteiger partial charge in [-0.15, -0.1) is 0 Å². The second-order valence-electron chi connectivity index (χ2n) is 5.20. The van der Waals surface area contributed by atoms with Crippen LogP contribution >= 0.6 is 28.6 Å². The topological polar surface area (TPSA) is 34.9 Å². The number of fused-ring (bicyclic) bond motifs is 1. The standard InChI is InChI=1S/C15H19BrN2OS/c1-3-15(4-2,9-20)8-18-10-17-13-6-5-11(16)7-12(13)14(18)19/h5-7,10,20H,3-4,8-9H2,1-2H3. The van der Waals surface area contributed by atoms with E-state index in [-0.39, 0.29) is 11.0 Å². The first-order valence-electron chi connectivity index (χ1n) is 6.81. The molecule has 2 rings (SSSR count). The van der Waals surface area contributed by atoms with E-state index in [0.29, 0.717) is 11.9 Å². The normalized spacial score (nSPS) is 12.0. The van der Waals surface area contributed by atoms with Crippen molar-refractivity contribution in [3.63, 3.8) is 0 Å². The maximum atomic E-state index is 12.6. The van der Waals surface area contributed by atoms with E-state index in [0.717, 1.165) is 28.6 Å². The Kier molecular flexibility index (Phi) is 4.91. The number of rotatable bonds is 5. The van der Waals surface area contributed by atoms with Crippen LogP contribution in [0.5, 0.6) is 0 Å². The maximum Gasteiger partial charge on any atom is 0.261 e. The van der Waals surface area contributed by atoms with Gasteiger partial charge in [-0.2, -0.15) is 12.6 Å². The quantitative estimate of drug-likeness (QED) is 0.826. The highest BCUT2D eigenvalue weighted by molar-refractivity contribution is 9.10. The maximum absolute atomic E-state index is 12.6. The molecule has 3 nitrogen and oxygen atoms in total. The van der Waals surface area contributed by atoms with Crippen LogP contribution in [0.2, 0.25) is 0 Å². The van der Waals surface area contributed by atoms with Crippen molar-refractivity contribution in [1.82, 2.24) is 9.55 Å². The number of hydrogen-bond acceptors (Lipinski definition) is 3. The molecule has 5 heteroatoms. The van der Waals surface area contributed by atoms with Crippen molar-refractivity contribution in [2.75, 3.05) is 5.75 Å². The van der Waals surface area contributed by atoms with Crippen molar-refractivity contribution in [2.45, 2.75) is 33.2 Å². The van der Waals surface area contributed by atoms with Crippen LogP contribution in [0.1, 0.15) is 26.7 Å². The second-order valence-corrected chi connectivity index (χ2v) is 6.44. The highest BCUT2D eigenvalue weighted by atomic mass is 79.9. The first-order chi connectivity index (χ1) is 9.55. The number of thiol groups is 1. The molecule has 1 aromatic carbocycles. The lowest BCUT2D eigenvalue weighted by molar-refractivity contribution is 0.254. The number of aromatic nitrogens is 2. The van der Waals surface area contributed by atoms with Crippen molar-refractivity contribution in [3.05, 3.63) is 39.4 Å². The molecule has 0 N–H and O–H groups in total. The van der Waals surface area contributed by atoms with Gasteiger partial charge in [0.25, 0.3) is 5.56 Å². The van der Waals surface area contributed by atoms with E-state index in [1.165, 1.54) is 0 Å². The molecule has 0 amide bonds. The molecule has 0 fully saturated rings. The molecule has 0 aliphatic rings. The van der Waals surface area contributed by atoms with Gasteiger partial charge in [-0.1, -0.05) is 29.8 Å². The van der Waals surface area contributed by atoms with Crippen LogP contribution in [-0.2, 0) is 6.54 Å². The average molecular weight is 355 g/mol. The summed E-state index contributed by atoms with van der Waals surface area (Å²) in [5.74, 6) is 0.767. The molecule has 20 heavy (non-hydrogen) atoms. The van der Waals surface area contributed by atoms with E-state index in [1.54, 1.807) is 10.9 Å². The molecule has 0 spiro atoms. The molecular formula is C15H19BrN2OS. The van der Waals surface area contributed by atoms with Gasteiger partial charge in [0.2, 0.25) is 0 Å². The van der Waals surface area contributed by atoms with Crippen LogP contribution in [0.15, 0.2) is 33.8 Å². The highest BCUT2D eigenvalue weighted by Gasteiger charge is 2.25. The smallest absolute Gasteiger partial charge is 0.261 e. The van der Waals surface area contributed by atoms with Crippen molar-refractivity contribution in [2.24, 2.45) is 5.41 Å². The fourth-order valence-electron chi connectivity index (χ4n) is 2.35. The van der Waals surface area contributed by atoms with Crippen LogP contribution in [0.4, 0.5) is 0 Å². The zero-order chi connectivity index (χ0) is 14.8. The van der Waals surface area contributed by atoms with E-state index in [1.807, 2.05) is 18.2 Å². The van der Waals surface area contributed by atoms with Gasteiger partial charge in [0.15, 0.2) is 0 Å². The Balaban J connectivity index is 2.51. The Morgan fingerprint density at radius 1 is 1.35 bits per heavy atom. The predicted molar refractivity (Wildman–Crippen MR) is 90.6 cm³/mol. The van der Waals surface area contributed by atoms with Crippen molar-refractivity contribution in [3.8, 4) is 0 Å². The van der Waals surface area contributed by atoms with Gasteiger partial charge >= 0.3 is 0 Å². The summed E-state index contributed by atoms with van der Waals surface area (Å²) in [7, 11) is 0. The molecule has 1 heterocycles. The summed E-state index contributed by atoms with van der Waals surface area (Å²) in [4.78, 5) is 17.0. The van der Waals surface area contributed by atoms with Crippen molar-refractivity contribution in [1.29, 1.82) is 0 Å². The first-order valence-corrected chi connectivity index (χ1v) is 8.23. The van der Waals surface area contributed by atoms with E-state index >= 15 is 0 Å². The van der Waals surface area contributed by atoms with Crippen LogP contribution < -0.4 is 5.56 Å². The molecule has 0 radical (unpaired) electrons. The average Bonchev–Trinajstić information content (AvgIpc) is 2.48. The summed E-state index contributed by atoms with van der Waals surface area (Å²) in [5.41, 5.74) is 0.803. The van der Waals surface area contributed by atoms with Gasteiger partial charge in [0.05, 0.1) is 17.2 Å². The molecule has 0 unspecified atom stereocenters. The molecule has 1 aromatic heterocycles. The first kappa shape index (κ1) is 15.6. The second kappa shape index (κ2) is 6.31. The molecule has 0 saturated carbocycles. The Bertz CT molecular complexity index is 656. The summed E-state index contributed by atoms with van der Waals surface area (Å²) in [6.45, 7) is 4.96. The fourth-order valence-corrected chi connectivity index (χ4v) is 3.26. The number of benzene rings is 1. The Morgan fingerprint density at radius 3 is 2.65 bits per heavy atom. The predicted octanol–water partition coefficient (Wildman–Crippen LogP) is 3.90. The number of hydrogen-bond donors (Lipinski definition) is 1. The molecule has 0 saturated heterocycles. The van der Waals surface area contributed by atoms with Crippen molar-refractivity contribution >= 4 is 39.5 Å². The lowest BCUT2D eigenvalue weighted by Crippen LogP contribution is -2.33. The zero-order valence-electron chi connectivity index (χ0n) is 11.8. The molecule has 2 aromatic rings. The Labute approximate surface area is 133 Å². The third kappa shape index (κ3) is 2.93. The van der Waals surface area contributed by atoms with Crippen LogP contribution in [-0.4, -0.2) is 15.3 Å². The van der Waals surface area contributed by atoms with Gasteiger partial charge in [0, 0.05) is 11.0 Å². The number of halogens is 1. The summed E-state index contributed by atoms with van der Waals surface area (Å²) < 4.78 is 2.62. The molecule has 0 atom stereocenters. The van der Waals surface area contributed by atoms with Crippen molar-refractivity contribution < 1.29 is 0 Å². The van der Waals surface area contributed by atoms with E-state index in [2.05, 4.69) is 47.4 Å². The fraction of sp³-hybridized carbons (Fsp3) is 0.467. The summed E-state index contributed by atoms with van der Waals surface area (Å²) in [6.07, 6.45) is 3.65. The SMILES string of the molecule is CCC(CC)(CS)Cn1cnc2ccc(Br)cc2c1=O. The minimum absolute atomic E-state index is 0.0179. The van der Waals surface area contributed by atoms with E-state index in [9.17, 15) is 4.79 Å². The molecule has 0 aliphatic carbocycles. The minimum Gasteiger partial charge on any atom is -0.298 e. The Morgan fingerprint density at radius 2 is 2.05 bits per heavy atom. The molecular weight excluding hydrogens is 336 g/mol. The van der Waals surface area contributed by atoms with E-state index in [4.69, 9.17) is 0 Å². The largest absolute Gasteiger partial charge is 0.298 e. The summed E-state index contributed by atoms with van der Waals surface area (Å²) >= 11 is 7.88. The van der Waals surface area contributed by atoms with E-state index < -0.39 is 0 Å². The van der Waals surface area contributed by atoms with Gasteiger partial charge < -0.3 is 0 Å². The lowest BCUT2D eigenvalue weighted by atomic mass is 9.84. The van der Waals surface area contributed by atoms with Crippen LogP contribution in [0.3, 0.4) is 0 Å². The Hall–Kier alpha value is -0.810. The minimum atomic E-state index is 0.0179.